The highest BCUT2D eigenvalue weighted by Gasteiger charge is 2.09. The summed E-state index contributed by atoms with van der Waals surface area (Å²) in [4.78, 5) is 16.4. The highest BCUT2D eigenvalue weighted by atomic mass is 35.5. The van der Waals surface area contributed by atoms with Crippen molar-refractivity contribution in [3.63, 3.8) is 0 Å². The molecular weight excluding hydrogens is 315 g/mol. The van der Waals surface area contributed by atoms with Crippen LogP contribution >= 0.6 is 34.5 Å². The zero-order valence-corrected chi connectivity index (χ0v) is 12.4. The molecule has 1 heterocycles. The lowest BCUT2D eigenvalue weighted by molar-refractivity contribution is 0.102. The van der Waals surface area contributed by atoms with E-state index in [1.807, 2.05) is 12.1 Å². The van der Waals surface area contributed by atoms with E-state index in [4.69, 9.17) is 23.2 Å². The molecule has 0 bridgehead atoms. The zero-order chi connectivity index (χ0) is 14.1. The number of hydrogen-bond donors (Lipinski definition) is 1. The quantitative estimate of drug-likeness (QED) is 0.732. The summed E-state index contributed by atoms with van der Waals surface area (Å²) in [6.45, 7) is 0. The van der Waals surface area contributed by atoms with E-state index in [0.29, 0.717) is 21.3 Å². The number of rotatable bonds is 2. The third-order valence-corrected chi connectivity index (χ3v) is 3.94. The van der Waals surface area contributed by atoms with E-state index in [9.17, 15) is 4.79 Å². The summed E-state index contributed by atoms with van der Waals surface area (Å²) >= 11 is 13.3. The molecule has 6 heteroatoms. The number of nitrogens with zero attached hydrogens (tertiary/aromatic N) is 1. The van der Waals surface area contributed by atoms with Gasteiger partial charge in [0.05, 0.1) is 15.7 Å². The second kappa shape index (κ2) is 5.40. The minimum absolute atomic E-state index is 0.210. The van der Waals surface area contributed by atoms with Crippen LogP contribution in [-0.4, -0.2) is 10.9 Å². The molecule has 0 unspecified atom stereocenters. The molecular formula is C14H8Cl2N2OS. The number of aromatic nitrogens is 1. The number of hydrogen-bond acceptors (Lipinski definition) is 3. The van der Waals surface area contributed by atoms with Gasteiger partial charge >= 0.3 is 0 Å². The zero-order valence-electron chi connectivity index (χ0n) is 10.1. The van der Waals surface area contributed by atoms with Crippen LogP contribution < -0.4 is 5.32 Å². The van der Waals surface area contributed by atoms with E-state index in [1.165, 1.54) is 11.3 Å². The Morgan fingerprint density at radius 2 is 1.85 bits per heavy atom. The van der Waals surface area contributed by atoms with Crippen molar-refractivity contribution in [1.29, 1.82) is 0 Å². The van der Waals surface area contributed by atoms with E-state index in [0.717, 1.165) is 10.2 Å². The molecule has 1 amide bonds. The number of anilines is 1. The third kappa shape index (κ3) is 2.77. The molecule has 0 atom stereocenters. The molecule has 0 spiro atoms. The first-order valence-electron chi connectivity index (χ1n) is 5.72. The highest BCUT2D eigenvalue weighted by Crippen LogP contribution is 2.24. The Kier molecular flexibility index (Phi) is 3.61. The summed E-state index contributed by atoms with van der Waals surface area (Å²) < 4.78 is 0.974. The van der Waals surface area contributed by atoms with Gasteiger partial charge < -0.3 is 5.32 Å². The lowest BCUT2D eigenvalue weighted by Crippen LogP contribution is -2.11. The molecule has 3 nitrogen and oxygen atoms in total. The van der Waals surface area contributed by atoms with Gasteiger partial charge in [0.1, 0.15) is 0 Å². The lowest BCUT2D eigenvalue weighted by atomic mass is 10.2. The van der Waals surface area contributed by atoms with Crippen molar-refractivity contribution in [2.75, 3.05) is 5.32 Å². The van der Waals surface area contributed by atoms with Gasteiger partial charge in [0.2, 0.25) is 0 Å². The molecule has 0 aliphatic heterocycles. The Balaban J connectivity index is 1.88. The maximum atomic E-state index is 12.2. The highest BCUT2D eigenvalue weighted by molar-refractivity contribution is 7.16. The number of fused-ring (bicyclic) bond motifs is 1. The van der Waals surface area contributed by atoms with Gasteiger partial charge in [-0.15, -0.1) is 11.3 Å². The van der Waals surface area contributed by atoms with Crippen molar-refractivity contribution in [3.8, 4) is 0 Å². The first kappa shape index (κ1) is 13.4. The van der Waals surface area contributed by atoms with Crippen LogP contribution in [0.4, 0.5) is 5.69 Å². The Hall–Kier alpha value is -1.62. The van der Waals surface area contributed by atoms with Crippen LogP contribution in [0.1, 0.15) is 10.4 Å². The van der Waals surface area contributed by atoms with Crippen molar-refractivity contribution in [1.82, 2.24) is 4.98 Å². The summed E-state index contributed by atoms with van der Waals surface area (Å²) in [5, 5.41) is 3.73. The van der Waals surface area contributed by atoms with Gasteiger partial charge in [-0.1, -0.05) is 23.2 Å². The van der Waals surface area contributed by atoms with Gasteiger partial charge in [0, 0.05) is 21.3 Å². The molecule has 20 heavy (non-hydrogen) atoms. The maximum absolute atomic E-state index is 12.2. The van der Waals surface area contributed by atoms with Crippen LogP contribution in [0.2, 0.25) is 10.0 Å². The fourth-order valence-corrected chi connectivity index (χ4v) is 3.07. The standard InChI is InChI=1S/C14H8Cl2N2OS/c15-9-4-10(16)6-11(5-9)18-14(19)8-1-2-12-13(3-8)20-7-17-12/h1-7H,(H,18,19). The Morgan fingerprint density at radius 3 is 2.60 bits per heavy atom. The number of benzene rings is 2. The van der Waals surface area contributed by atoms with Gasteiger partial charge in [-0.2, -0.15) is 0 Å². The summed E-state index contributed by atoms with van der Waals surface area (Å²) in [6.07, 6.45) is 0. The van der Waals surface area contributed by atoms with Crippen LogP contribution in [0.15, 0.2) is 41.9 Å². The Bertz CT molecular complexity index is 780. The van der Waals surface area contributed by atoms with Gasteiger partial charge in [0.15, 0.2) is 0 Å². The minimum Gasteiger partial charge on any atom is -0.322 e. The molecule has 0 radical (unpaired) electrons. The molecule has 3 rings (SSSR count). The van der Waals surface area contributed by atoms with Crippen molar-refractivity contribution in [2.45, 2.75) is 0 Å². The predicted octanol–water partition coefficient (Wildman–Crippen LogP) is 4.86. The van der Waals surface area contributed by atoms with E-state index in [2.05, 4.69) is 10.3 Å². The molecule has 100 valence electrons. The van der Waals surface area contributed by atoms with Crippen LogP contribution in [-0.2, 0) is 0 Å². The van der Waals surface area contributed by atoms with Gasteiger partial charge in [-0.3, -0.25) is 4.79 Å². The third-order valence-electron chi connectivity index (χ3n) is 2.71. The topological polar surface area (TPSA) is 42.0 Å². The first-order valence-corrected chi connectivity index (χ1v) is 7.36. The van der Waals surface area contributed by atoms with Gasteiger partial charge in [-0.25, -0.2) is 4.98 Å². The number of nitrogens with one attached hydrogen (secondary N) is 1. The molecule has 2 aromatic carbocycles. The Labute approximate surface area is 129 Å². The Morgan fingerprint density at radius 1 is 1.10 bits per heavy atom. The van der Waals surface area contributed by atoms with Gasteiger partial charge in [0.25, 0.3) is 5.91 Å². The molecule has 3 aromatic rings. The monoisotopic (exact) mass is 322 g/mol. The molecule has 1 aromatic heterocycles. The molecule has 0 fully saturated rings. The van der Waals surface area contributed by atoms with E-state index >= 15 is 0 Å². The summed E-state index contributed by atoms with van der Waals surface area (Å²) in [5.41, 5.74) is 3.77. The minimum atomic E-state index is -0.210. The second-order valence-electron chi connectivity index (χ2n) is 4.15. The number of amides is 1. The number of carbonyl (C=O) groups excluding carboxylic acids is 1. The molecule has 0 aliphatic carbocycles. The average molecular weight is 323 g/mol. The summed E-state index contributed by atoms with van der Waals surface area (Å²) in [7, 11) is 0. The number of halogens is 2. The largest absolute Gasteiger partial charge is 0.322 e. The van der Waals surface area contributed by atoms with Crippen molar-refractivity contribution >= 4 is 56.3 Å². The molecule has 0 aliphatic rings. The fourth-order valence-electron chi connectivity index (χ4n) is 1.83. The molecule has 1 N–H and O–H groups in total. The second-order valence-corrected chi connectivity index (χ2v) is 5.91. The summed E-state index contributed by atoms with van der Waals surface area (Å²) in [5.74, 6) is -0.210. The smallest absolute Gasteiger partial charge is 0.255 e. The SMILES string of the molecule is O=C(Nc1cc(Cl)cc(Cl)c1)c1ccc2ncsc2c1. The van der Waals surface area contributed by atoms with Crippen LogP contribution in [0.25, 0.3) is 10.2 Å². The van der Waals surface area contributed by atoms with Gasteiger partial charge in [-0.05, 0) is 36.4 Å². The normalized spacial score (nSPS) is 10.7. The maximum Gasteiger partial charge on any atom is 0.255 e. The fraction of sp³-hybridized carbons (Fsp3) is 0. The van der Waals surface area contributed by atoms with Crippen LogP contribution in [0, 0.1) is 0 Å². The lowest BCUT2D eigenvalue weighted by Gasteiger charge is -2.06. The average Bonchev–Trinajstić information content (AvgIpc) is 2.84. The molecule has 0 saturated carbocycles. The van der Waals surface area contributed by atoms with E-state index in [1.54, 1.807) is 29.8 Å². The molecule has 0 saturated heterocycles. The predicted molar refractivity (Wildman–Crippen MR) is 84.0 cm³/mol. The summed E-state index contributed by atoms with van der Waals surface area (Å²) in [6, 6.07) is 10.3. The number of carbonyl (C=O) groups is 1. The van der Waals surface area contributed by atoms with Crippen molar-refractivity contribution < 1.29 is 4.79 Å². The van der Waals surface area contributed by atoms with Crippen molar-refractivity contribution in [3.05, 3.63) is 57.5 Å². The van der Waals surface area contributed by atoms with Crippen LogP contribution in [0.5, 0.6) is 0 Å². The van der Waals surface area contributed by atoms with Crippen molar-refractivity contribution in [2.24, 2.45) is 0 Å². The van der Waals surface area contributed by atoms with Crippen LogP contribution in [0.3, 0.4) is 0 Å². The number of thiazole rings is 1. The van der Waals surface area contributed by atoms with E-state index < -0.39 is 0 Å². The first-order chi connectivity index (χ1) is 9.61. The van der Waals surface area contributed by atoms with E-state index in [-0.39, 0.29) is 5.91 Å².